The number of ketones is 1. The predicted molar refractivity (Wildman–Crippen MR) is 71.0 cm³/mol. The van der Waals surface area contributed by atoms with Crippen LogP contribution >= 0.6 is 0 Å². The van der Waals surface area contributed by atoms with Crippen LogP contribution in [-0.4, -0.2) is 31.1 Å². The van der Waals surface area contributed by atoms with Gasteiger partial charge >= 0.3 is 5.97 Å². The highest BCUT2D eigenvalue weighted by molar-refractivity contribution is 5.93. The van der Waals surface area contributed by atoms with E-state index < -0.39 is 5.97 Å². The van der Waals surface area contributed by atoms with Crippen molar-refractivity contribution >= 4 is 17.4 Å². The van der Waals surface area contributed by atoms with Crippen molar-refractivity contribution in [1.82, 2.24) is 0 Å². The Balaban J connectivity index is 0.000000441. The number of anilines is 1. The normalized spacial score (nSPS) is 8.70. The van der Waals surface area contributed by atoms with Gasteiger partial charge in [-0.05, 0) is 19.1 Å². The fourth-order valence-electron chi connectivity index (χ4n) is 1.20. The van der Waals surface area contributed by atoms with E-state index in [-0.39, 0.29) is 12.2 Å². The quantitative estimate of drug-likeness (QED) is 0.378. The number of carbonyl (C=O) groups excluding carboxylic acids is 1. The Morgan fingerprint density at radius 3 is 2.30 bits per heavy atom. The first kappa shape index (κ1) is 17.4. The summed E-state index contributed by atoms with van der Waals surface area (Å²) in [4.78, 5) is 24.3. The maximum atomic E-state index is 9.87. The number of para-hydroxylation sites is 2. The number of hydrogen-bond acceptors (Lipinski definition) is 6. The van der Waals surface area contributed by atoms with Crippen LogP contribution in [0.3, 0.4) is 0 Å². The number of carboxylic acids is 1. The highest BCUT2D eigenvalue weighted by Gasteiger charge is 2.09. The van der Waals surface area contributed by atoms with Crippen LogP contribution in [0, 0.1) is 11.5 Å². The maximum Gasteiger partial charge on any atom is 0.310 e. The number of nitriles is 1. The molecule has 1 N–H and O–H groups in total. The van der Waals surface area contributed by atoms with E-state index in [0.717, 1.165) is 5.06 Å². The van der Waals surface area contributed by atoms with E-state index >= 15 is 0 Å². The molecular formula is C13H16N2O5. The molecule has 1 aromatic carbocycles. The number of benzene rings is 1. The van der Waals surface area contributed by atoms with Gasteiger partial charge in [-0.3, -0.25) is 14.4 Å². The molecule has 7 nitrogen and oxygen atoms in total. The molecule has 20 heavy (non-hydrogen) atoms. The third kappa shape index (κ3) is 6.37. The van der Waals surface area contributed by atoms with E-state index in [4.69, 9.17) is 19.9 Å². The molecule has 0 fully saturated rings. The Morgan fingerprint density at radius 2 is 1.95 bits per heavy atom. The molecule has 0 bridgehead atoms. The lowest BCUT2D eigenvalue weighted by molar-refractivity contribution is -0.139. The lowest BCUT2D eigenvalue weighted by atomic mass is 10.3. The topological polar surface area (TPSA) is 99.9 Å². The van der Waals surface area contributed by atoms with Crippen LogP contribution in [0.1, 0.15) is 13.3 Å². The molecule has 0 saturated heterocycles. The molecular weight excluding hydrogens is 264 g/mol. The second kappa shape index (κ2) is 9.35. The number of nitrogens with zero attached hydrogens (tertiary/aromatic N) is 2. The van der Waals surface area contributed by atoms with Gasteiger partial charge in [0.05, 0.1) is 14.2 Å². The molecule has 0 aliphatic rings. The molecule has 0 aromatic heterocycles. The van der Waals surface area contributed by atoms with Crippen LogP contribution in [0.25, 0.3) is 0 Å². The van der Waals surface area contributed by atoms with Gasteiger partial charge in [-0.15, -0.1) is 0 Å². The predicted octanol–water partition coefficient (Wildman–Crippen LogP) is 1.59. The zero-order valence-corrected chi connectivity index (χ0v) is 11.5. The van der Waals surface area contributed by atoms with Gasteiger partial charge in [0.1, 0.15) is 23.6 Å². The van der Waals surface area contributed by atoms with Crippen LogP contribution in [0.5, 0.6) is 5.75 Å². The van der Waals surface area contributed by atoms with Crippen molar-refractivity contribution in [3.8, 4) is 11.9 Å². The molecule has 1 rings (SSSR count). The number of ether oxygens (including phenoxy) is 1. The minimum absolute atomic E-state index is 0.312. The standard InChI is InChI=1S/C9H10N2O2.C4H6O3/c1-12-9-6-4-3-5-8(9)11(7-10)13-2;1-3(5)2-4(6)7/h3-6H,1-2H3;2H2,1H3,(H,6,7). The fraction of sp³-hybridized carbons (Fsp3) is 0.308. The van der Waals surface area contributed by atoms with E-state index in [1.165, 1.54) is 14.0 Å². The fourth-order valence-corrected chi connectivity index (χ4v) is 1.20. The number of rotatable bonds is 5. The number of carbonyl (C=O) groups is 2. The van der Waals surface area contributed by atoms with Crippen molar-refractivity contribution < 1.29 is 24.3 Å². The molecule has 1 aromatic rings. The molecule has 0 radical (unpaired) electrons. The lowest BCUT2D eigenvalue weighted by Crippen LogP contribution is -2.14. The summed E-state index contributed by atoms with van der Waals surface area (Å²) in [6.07, 6.45) is 1.51. The summed E-state index contributed by atoms with van der Waals surface area (Å²) in [6, 6.07) is 7.14. The Labute approximate surface area is 116 Å². The summed E-state index contributed by atoms with van der Waals surface area (Å²) >= 11 is 0. The molecule has 0 spiro atoms. The van der Waals surface area contributed by atoms with E-state index in [2.05, 4.69) is 0 Å². The average molecular weight is 280 g/mol. The van der Waals surface area contributed by atoms with Crippen LogP contribution in [0.15, 0.2) is 24.3 Å². The average Bonchev–Trinajstić information content (AvgIpc) is 2.40. The number of carboxylic acid groups (broad SMARTS) is 1. The number of hydrogen-bond donors (Lipinski definition) is 1. The van der Waals surface area contributed by atoms with E-state index in [1.54, 1.807) is 25.3 Å². The molecule has 0 unspecified atom stereocenters. The van der Waals surface area contributed by atoms with Crippen molar-refractivity contribution in [1.29, 1.82) is 5.26 Å². The zero-order chi connectivity index (χ0) is 15.5. The first-order valence-electron chi connectivity index (χ1n) is 5.54. The smallest absolute Gasteiger partial charge is 0.310 e. The highest BCUT2D eigenvalue weighted by Crippen LogP contribution is 2.26. The van der Waals surface area contributed by atoms with Crippen molar-refractivity contribution in [2.45, 2.75) is 13.3 Å². The minimum Gasteiger partial charge on any atom is -0.494 e. The van der Waals surface area contributed by atoms with Crippen LogP contribution in [0.4, 0.5) is 5.69 Å². The third-order valence-corrected chi connectivity index (χ3v) is 1.98. The summed E-state index contributed by atoms with van der Waals surface area (Å²) < 4.78 is 5.06. The van der Waals surface area contributed by atoms with E-state index in [1.807, 2.05) is 12.3 Å². The summed E-state index contributed by atoms with van der Waals surface area (Å²) in [5, 5.41) is 17.6. The van der Waals surface area contributed by atoms with Gasteiger partial charge in [0, 0.05) is 0 Å². The molecule has 0 heterocycles. The van der Waals surface area contributed by atoms with E-state index in [0.29, 0.717) is 11.4 Å². The van der Waals surface area contributed by atoms with Crippen molar-refractivity contribution in [3.63, 3.8) is 0 Å². The maximum absolute atomic E-state index is 9.87. The third-order valence-electron chi connectivity index (χ3n) is 1.98. The van der Waals surface area contributed by atoms with Gasteiger partial charge in [0.2, 0.25) is 6.19 Å². The molecule has 0 saturated carbocycles. The van der Waals surface area contributed by atoms with Gasteiger partial charge in [-0.1, -0.05) is 12.1 Å². The van der Waals surface area contributed by atoms with Gasteiger partial charge in [0.15, 0.2) is 0 Å². The lowest BCUT2D eigenvalue weighted by Gasteiger charge is -2.14. The van der Waals surface area contributed by atoms with Crippen molar-refractivity contribution in [3.05, 3.63) is 24.3 Å². The monoisotopic (exact) mass is 280 g/mol. The Kier molecular flexibility index (Phi) is 8.14. The van der Waals surface area contributed by atoms with Crippen LogP contribution in [0.2, 0.25) is 0 Å². The minimum atomic E-state index is -1.06. The van der Waals surface area contributed by atoms with Crippen LogP contribution < -0.4 is 9.80 Å². The summed E-state index contributed by atoms with van der Waals surface area (Å²) in [6.45, 7) is 1.24. The molecule has 0 aliphatic heterocycles. The number of aliphatic carboxylic acids is 1. The molecule has 0 amide bonds. The van der Waals surface area contributed by atoms with Gasteiger partial charge in [0.25, 0.3) is 0 Å². The molecule has 7 heteroatoms. The highest BCUT2D eigenvalue weighted by atomic mass is 16.7. The van der Waals surface area contributed by atoms with Crippen molar-refractivity contribution in [2.24, 2.45) is 0 Å². The first-order chi connectivity index (χ1) is 9.46. The number of methoxy groups -OCH3 is 1. The number of Topliss-reactive ketones (excluding diaryl/α,β-unsaturated/α-hetero) is 1. The van der Waals surface area contributed by atoms with Crippen LogP contribution in [-0.2, 0) is 14.4 Å². The Bertz CT molecular complexity index is 484. The second-order valence-electron chi connectivity index (χ2n) is 3.52. The Hall–Kier alpha value is -2.59. The Morgan fingerprint density at radius 1 is 1.35 bits per heavy atom. The zero-order valence-electron chi connectivity index (χ0n) is 11.5. The summed E-state index contributed by atoms with van der Waals surface area (Å²) in [5.41, 5.74) is 0.593. The second-order valence-corrected chi connectivity index (χ2v) is 3.52. The summed E-state index contributed by atoms with van der Waals surface area (Å²) in [5.74, 6) is -0.772. The molecule has 108 valence electrons. The largest absolute Gasteiger partial charge is 0.494 e. The van der Waals surface area contributed by atoms with E-state index in [9.17, 15) is 9.59 Å². The van der Waals surface area contributed by atoms with Gasteiger partial charge in [-0.25, -0.2) is 0 Å². The summed E-state index contributed by atoms with van der Waals surface area (Å²) in [7, 11) is 2.97. The first-order valence-corrected chi connectivity index (χ1v) is 5.54. The van der Waals surface area contributed by atoms with Gasteiger partial charge < -0.3 is 9.84 Å². The van der Waals surface area contributed by atoms with Gasteiger partial charge in [-0.2, -0.15) is 10.3 Å². The molecule has 0 aliphatic carbocycles. The molecule has 0 atom stereocenters. The number of hydroxylamine groups is 1. The SMILES string of the molecule is CC(=O)CC(=O)O.COc1ccccc1N(C#N)OC. The van der Waals surface area contributed by atoms with Crippen molar-refractivity contribution in [2.75, 3.05) is 19.3 Å².